The van der Waals surface area contributed by atoms with Gasteiger partial charge in [-0.3, -0.25) is 9.67 Å². The summed E-state index contributed by atoms with van der Waals surface area (Å²) in [5.74, 6) is 0. The number of halogens is 1. The van der Waals surface area contributed by atoms with E-state index in [4.69, 9.17) is 0 Å². The van der Waals surface area contributed by atoms with Crippen LogP contribution in [0.25, 0.3) is 0 Å². The molecule has 0 aliphatic heterocycles. The molecule has 4 nitrogen and oxygen atoms in total. The van der Waals surface area contributed by atoms with Crippen LogP contribution in [-0.2, 0) is 19.9 Å². The summed E-state index contributed by atoms with van der Waals surface area (Å²) in [7, 11) is 4.03. The van der Waals surface area contributed by atoms with E-state index in [1.165, 1.54) is 11.3 Å². The fourth-order valence-corrected chi connectivity index (χ4v) is 2.86. The molecule has 0 fully saturated rings. The number of aromatic nitrogens is 3. The predicted molar refractivity (Wildman–Crippen MR) is 89.5 cm³/mol. The smallest absolute Gasteiger partial charge is 0.0628 e. The van der Waals surface area contributed by atoms with Crippen LogP contribution in [0.4, 0.5) is 0 Å². The lowest BCUT2D eigenvalue weighted by atomic mass is 10.0. The Hall–Kier alpha value is -1.20. The van der Waals surface area contributed by atoms with E-state index in [2.05, 4.69) is 51.2 Å². The van der Waals surface area contributed by atoms with Crippen LogP contribution in [-0.4, -0.2) is 27.9 Å². The summed E-state index contributed by atoms with van der Waals surface area (Å²) in [6.07, 6.45) is 4.94. The standard InChI is InChI=1S/C16H23BrN4/c1-11-16(12(2)21(4)20-11)8-7-14(18-3)9-15-6-5-13(17)10-19-15/h5-6,10,14,18H,7-9H2,1-4H3. The number of hydrogen-bond donors (Lipinski definition) is 1. The van der Waals surface area contributed by atoms with Crippen LogP contribution in [0, 0.1) is 13.8 Å². The first kappa shape index (κ1) is 16.2. The molecule has 114 valence electrons. The maximum Gasteiger partial charge on any atom is 0.0628 e. The second kappa shape index (κ2) is 7.18. The number of aryl methyl sites for hydroxylation is 2. The van der Waals surface area contributed by atoms with Gasteiger partial charge in [-0.05, 0) is 67.4 Å². The zero-order valence-corrected chi connectivity index (χ0v) is 14.7. The van der Waals surface area contributed by atoms with Crippen molar-refractivity contribution in [2.45, 2.75) is 39.2 Å². The largest absolute Gasteiger partial charge is 0.317 e. The molecule has 0 radical (unpaired) electrons. The molecule has 21 heavy (non-hydrogen) atoms. The molecule has 2 rings (SSSR count). The van der Waals surface area contributed by atoms with Crippen molar-refractivity contribution >= 4 is 15.9 Å². The lowest BCUT2D eigenvalue weighted by Crippen LogP contribution is -2.28. The lowest BCUT2D eigenvalue weighted by molar-refractivity contribution is 0.514. The molecule has 2 heterocycles. The van der Waals surface area contributed by atoms with E-state index in [1.54, 1.807) is 0 Å². The first-order chi connectivity index (χ1) is 10.0. The molecule has 0 saturated carbocycles. The van der Waals surface area contributed by atoms with Gasteiger partial charge in [0.1, 0.15) is 0 Å². The van der Waals surface area contributed by atoms with Crippen molar-refractivity contribution in [2.24, 2.45) is 7.05 Å². The number of pyridine rings is 1. The Morgan fingerprint density at radius 3 is 2.62 bits per heavy atom. The van der Waals surface area contributed by atoms with E-state index >= 15 is 0 Å². The third kappa shape index (κ3) is 4.14. The number of rotatable bonds is 6. The summed E-state index contributed by atoms with van der Waals surface area (Å²) < 4.78 is 2.99. The molecule has 1 atom stereocenters. The zero-order valence-electron chi connectivity index (χ0n) is 13.2. The first-order valence-corrected chi connectivity index (χ1v) is 8.07. The lowest BCUT2D eigenvalue weighted by Gasteiger charge is -2.16. The van der Waals surface area contributed by atoms with Crippen LogP contribution in [0.1, 0.15) is 29.1 Å². The molecule has 0 aromatic carbocycles. The van der Waals surface area contributed by atoms with Crippen molar-refractivity contribution < 1.29 is 0 Å². The highest BCUT2D eigenvalue weighted by Crippen LogP contribution is 2.16. The Morgan fingerprint density at radius 2 is 2.10 bits per heavy atom. The molecule has 1 unspecified atom stereocenters. The van der Waals surface area contributed by atoms with Crippen LogP contribution >= 0.6 is 15.9 Å². The highest BCUT2D eigenvalue weighted by molar-refractivity contribution is 9.10. The van der Waals surface area contributed by atoms with Gasteiger partial charge in [-0.1, -0.05) is 0 Å². The minimum absolute atomic E-state index is 0.428. The van der Waals surface area contributed by atoms with Crippen LogP contribution in [0.2, 0.25) is 0 Å². The van der Waals surface area contributed by atoms with Crippen molar-refractivity contribution in [2.75, 3.05) is 7.05 Å². The molecule has 0 aliphatic carbocycles. The molecule has 0 aliphatic rings. The average Bonchev–Trinajstić information content (AvgIpc) is 2.71. The Labute approximate surface area is 135 Å². The topological polar surface area (TPSA) is 42.7 Å². The SMILES string of the molecule is CNC(CCc1c(C)nn(C)c1C)Cc1ccc(Br)cn1. The summed E-state index contributed by atoms with van der Waals surface area (Å²) in [6, 6.07) is 4.55. The van der Waals surface area contributed by atoms with Gasteiger partial charge in [-0.2, -0.15) is 5.10 Å². The highest BCUT2D eigenvalue weighted by Gasteiger charge is 2.13. The minimum Gasteiger partial charge on any atom is -0.317 e. The molecule has 0 amide bonds. The first-order valence-electron chi connectivity index (χ1n) is 7.28. The third-order valence-electron chi connectivity index (χ3n) is 4.05. The maximum absolute atomic E-state index is 4.49. The Balaban J connectivity index is 1.98. The number of likely N-dealkylation sites (N-methyl/N-ethyl adjacent to an activating group) is 1. The number of hydrogen-bond acceptors (Lipinski definition) is 3. The fraction of sp³-hybridized carbons (Fsp3) is 0.500. The number of nitrogens with zero attached hydrogens (tertiary/aromatic N) is 3. The zero-order chi connectivity index (χ0) is 15.4. The van der Waals surface area contributed by atoms with Gasteiger partial charge in [0.2, 0.25) is 0 Å². The second-order valence-corrected chi connectivity index (χ2v) is 6.38. The summed E-state index contributed by atoms with van der Waals surface area (Å²) >= 11 is 3.42. The van der Waals surface area contributed by atoms with Gasteiger partial charge < -0.3 is 5.32 Å². The average molecular weight is 351 g/mol. The van der Waals surface area contributed by atoms with Gasteiger partial charge >= 0.3 is 0 Å². The third-order valence-corrected chi connectivity index (χ3v) is 4.52. The number of nitrogens with one attached hydrogen (secondary N) is 1. The molecule has 1 N–H and O–H groups in total. The van der Waals surface area contributed by atoms with Gasteiger partial charge in [0, 0.05) is 41.6 Å². The fourth-order valence-electron chi connectivity index (χ4n) is 2.63. The van der Waals surface area contributed by atoms with E-state index < -0.39 is 0 Å². The Morgan fingerprint density at radius 1 is 1.33 bits per heavy atom. The van der Waals surface area contributed by atoms with Gasteiger partial charge in [0.05, 0.1) is 5.69 Å². The summed E-state index contributed by atoms with van der Waals surface area (Å²) in [4.78, 5) is 4.46. The molecule has 5 heteroatoms. The quantitative estimate of drug-likeness (QED) is 0.870. The van der Waals surface area contributed by atoms with Crippen molar-refractivity contribution in [3.05, 3.63) is 45.4 Å². The van der Waals surface area contributed by atoms with E-state index in [-0.39, 0.29) is 0 Å². The van der Waals surface area contributed by atoms with Gasteiger partial charge in [0.15, 0.2) is 0 Å². The molecular weight excluding hydrogens is 328 g/mol. The van der Waals surface area contributed by atoms with Crippen LogP contribution in [0.15, 0.2) is 22.8 Å². The van der Waals surface area contributed by atoms with Gasteiger partial charge in [0.25, 0.3) is 0 Å². The highest BCUT2D eigenvalue weighted by atomic mass is 79.9. The molecule has 0 bridgehead atoms. The van der Waals surface area contributed by atoms with E-state index in [9.17, 15) is 0 Å². The van der Waals surface area contributed by atoms with Crippen LogP contribution in [0.3, 0.4) is 0 Å². The van der Waals surface area contributed by atoms with Crippen molar-refractivity contribution in [3.63, 3.8) is 0 Å². The monoisotopic (exact) mass is 350 g/mol. The van der Waals surface area contributed by atoms with Crippen molar-refractivity contribution in [3.8, 4) is 0 Å². The maximum atomic E-state index is 4.49. The minimum atomic E-state index is 0.428. The van der Waals surface area contributed by atoms with E-state index in [0.717, 1.165) is 35.1 Å². The van der Waals surface area contributed by atoms with Crippen molar-refractivity contribution in [1.29, 1.82) is 0 Å². The molecule has 2 aromatic heterocycles. The summed E-state index contributed by atoms with van der Waals surface area (Å²) in [5, 5.41) is 7.89. The van der Waals surface area contributed by atoms with E-state index in [0.29, 0.717) is 6.04 Å². The molecule has 0 saturated heterocycles. The summed E-state index contributed by atoms with van der Waals surface area (Å²) in [6.45, 7) is 4.23. The molecule has 2 aromatic rings. The van der Waals surface area contributed by atoms with Crippen LogP contribution < -0.4 is 5.32 Å². The normalized spacial score (nSPS) is 12.6. The predicted octanol–water partition coefficient (Wildman–Crippen LogP) is 2.96. The Bertz CT molecular complexity index is 589. The summed E-state index contributed by atoms with van der Waals surface area (Å²) in [5.41, 5.74) is 4.91. The molecular formula is C16H23BrN4. The Kier molecular flexibility index (Phi) is 5.53. The van der Waals surface area contributed by atoms with Gasteiger partial charge in [-0.25, -0.2) is 0 Å². The van der Waals surface area contributed by atoms with Gasteiger partial charge in [-0.15, -0.1) is 0 Å². The molecule has 0 spiro atoms. The second-order valence-electron chi connectivity index (χ2n) is 5.47. The van der Waals surface area contributed by atoms with Crippen LogP contribution in [0.5, 0.6) is 0 Å². The van der Waals surface area contributed by atoms with E-state index in [1.807, 2.05) is 31.0 Å². The van der Waals surface area contributed by atoms with Crippen molar-refractivity contribution in [1.82, 2.24) is 20.1 Å².